The number of nitrogens with zero attached hydrogens (tertiary/aromatic N) is 2. The SMILES string of the molecule is CC(C)c1cccc(Oc2ccc(S(=O)(=O)N3CCCC3)cc2[N+](=O)[O-])c1. The topological polar surface area (TPSA) is 89.8 Å². The second-order valence-electron chi connectivity index (χ2n) is 6.83. The Kier molecular flexibility index (Phi) is 5.48. The van der Waals surface area contributed by atoms with Crippen molar-refractivity contribution in [2.75, 3.05) is 13.1 Å². The van der Waals surface area contributed by atoms with Gasteiger partial charge in [-0.05, 0) is 48.6 Å². The molecule has 8 heteroatoms. The van der Waals surface area contributed by atoms with Crippen LogP contribution < -0.4 is 4.74 Å². The number of rotatable bonds is 6. The molecule has 0 spiro atoms. The molecule has 2 aromatic rings. The Morgan fingerprint density at radius 1 is 1.11 bits per heavy atom. The first-order valence-electron chi connectivity index (χ1n) is 8.85. The minimum absolute atomic E-state index is 0.0151. The summed E-state index contributed by atoms with van der Waals surface area (Å²) in [5, 5.41) is 11.5. The lowest BCUT2D eigenvalue weighted by molar-refractivity contribution is -0.385. The third kappa shape index (κ3) is 4.12. The number of benzene rings is 2. The summed E-state index contributed by atoms with van der Waals surface area (Å²) in [4.78, 5) is 10.8. The zero-order valence-electron chi connectivity index (χ0n) is 15.3. The molecular formula is C19H22N2O5S. The van der Waals surface area contributed by atoms with E-state index in [9.17, 15) is 18.5 Å². The van der Waals surface area contributed by atoms with Gasteiger partial charge in [0.15, 0.2) is 0 Å². The van der Waals surface area contributed by atoms with E-state index in [0.717, 1.165) is 24.5 Å². The second kappa shape index (κ2) is 7.66. The number of nitro groups is 1. The van der Waals surface area contributed by atoms with Crippen molar-refractivity contribution in [2.24, 2.45) is 0 Å². The maximum Gasteiger partial charge on any atom is 0.312 e. The molecule has 1 aliphatic rings. The predicted molar refractivity (Wildman–Crippen MR) is 102 cm³/mol. The first kappa shape index (κ1) is 19.3. The molecular weight excluding hydrogens is 368 g/mol. The van der Waals surface area contributed by atoms with Gasteiger partial charge in [-0.15, -0.1) is 0 Å². The van der Waals surface area contributed by atoms with Crippen molar-refractivity contribution < 1.29 is 18.1 Å². The Hall–Kier alpha value is -2.45. The van der Waals surface area contributed by atoms with Gasteiger partial charge >= 0.3 is 5.69 Å². The van der Waals surface area contributed by atoms with Gasteiger partial charge in [-0.3, -0.25) is 10.1 Å². The number of hydrogen-bond acceptors (Lipinski definition) is 5. The monoisotopic (exact) mass is 390 g/mol. The Balaban J connectivity index is 1.95. The van der Waals surface area contributed by atoms with Gasteiger partial charge in [-0.1, -0.05) is 26.0 Å². The highest BCUT2D eigenvalue weighted by molar-refractivity contribution is 7.89. The lowest BCUT2D eigenvalue weighted by atomic mass is 10.0. The van der Waals surface area contributed by atoms with Gasteiger partial charge in [0.2, 0.25) is 15.8 Å². The highest BCUT2D eigenvalue weighted by atomic mass is 32.2. The fourth-order valence-corrected chi connectivity index (χ4v) is 4.57. The third-order valence-corrected chi connectivity index (χ3v) is 6.48. The van der Waals surface area contributed by atoms with Crippen molar-refractivity contribution >= 4 is 15.7 Å². The molecule has 2 aromatic carbocycles. The predicted octanol–water partition coefficient (Wildman–Crippen LogP) is 4.30. The van der Waals surface area contributed by atoms with Crippen LogP contribution in [-0.2, 0) is 10.0 Å². The van der Waals surface area contributed by atoms with Gasteiger partial charge in [0.1, 0.15) is 5.75 Å². The van der Waals surface area contributed by atoms with E-state index >= 15 is 0 Å². The van der Waals surface area contributed by atoms with Crippen molar-refractivity contribution in [1.82, 2.24) is 4.31 Å². The quantitative estimate of drug-likeness (QED) is 0.542. The van der Waals surface area contributed by atoms with Crippen molar-refractivity contribution in [3.63, 3.8) is 0 Å². The van der Waals surface area contributed by atoms with Crippen LogP contribution in [0.15, 0.2) is 47.4 Å². The van der Waals surface area contributed by atoms with Crippen LogP contribution in [0.1, 0.15) is 38.2 Å². The molecule has 0 bridgehead atoms. The zero-order chi connectivity index (χ0) is 19.6. The van der Waals surface area contributed by atoms with Gasteiger partial charge in [-0.25, -0.2) is 8.42 Å². The third-order valence-electron chi connectivity index (χ3n) is 4.58. The van der Waals surface area contributed by atoms with Crippen LogP contribution in [0.25, 0.3) is 0 Å². The van der Waals surface area contributed by atoms with E-state index in [2.05, 4.69) is 0 Å². The summed E-state index contributed by atoms with van der Waals surface area (Å²) in [7, 11) is -3.73. The van der Waals surface area contributed by atoms with E-state index in [1.165, 1.54) is 16.4 Å². The molecule has 27 heavy (non-hydrogen) atoms. The van der Waals surface area contributed by atoms with Gasteiger partial charge < -0.3 is 4.74 Å². The molecule has 0 aliphatic carbocycles. The Labute approximate surface area is 158 Å². The Morgan fingerprint density at radius 2 is 1.81 bits per heavy atom. The molecule has 7 nitrogen and oxygen atoms in total. The minimum atomic E-state index is -3.73. The van der Waals surface area contributed by atoms with Crippen molar-refractivity contribution in [1.29, 1.82) is 0 Å². The zero-order valence-corrected chi connectivity index (χ0v) is 16.1. The molecule has 3 rings (SSSR count). The summed E-state index contributed by atoms with van der Waals surface area (Å²) in [6.45, 7) is 4.96. The molecule has 1 aliphatic heterocycles. The molecule has 0 radical (unpaired) electrons. The lowest BCUT2D eigenvalue weighted by Gasteiger charge is -2.16. The number of ether oxygens (including phenoxy) is 1. The fraction of sp³-hybridized carbons (Fsp3) is 0.368. The van der Waals surface area contributed by atoms with Crippen LogP contribution in [-0.4, -0.2) is 30.7 Å². The lowest BCUT2D eigenvalue weighted by Crippen LogP contribution is -2.27. The molecule has 0 amide bonds. The largest absolute Gasteiger partial charge is 0.450 e. The molecule has 144 valence electrons. The Morgan fingerprint density at radius 3 is 2.44 bits per heavy atom. The number of sulfonamides is 1. The van der Waals surface area contributed by atoms with Crippen LogP contribution >= 0.6 is 0 Å². The normalized spacial score (nSPS) is 15.2. The molecule has 1 fully saturated rings. The smallest absolute Gasteiger partial charge is 0.312 e. The molecule has 1 saturated heterocycles. The standard InChI is InChI=1S/C19H22N2O5S/c1-14(2)15-6-5-7-16(12-15)26-19-9-8-17(13-18(19)21(22)23)27(24,25)20-10-3-4-11-20/h5-9,12-14H,3-4,10-11H2,1-2H3. The van der Waals surface area contributed by atoms with E-state index < -0.39 is 14.9 Å². The molecule has 0 atom stereocenters. The molecule has 0 N–H and O–H groups in total. The molecule has 1 heterocycles. The van der Waals surface area contributed by atoms with Crippen molar-refractivity contribution in [3.05, 3.63) is 58.1 Å². The molecule has 0 unspecified atom stereocenters. The maximum atomic E-state index is 12.7. The minimum Gasteiger partial charge on any atom is -0.450 e. The van der Waals surface area contributed by atoms with Gasteiger partial charge in [0.05, 0.1) is 9.82 Å². The van der Waals surface area contributed by atoms with Crippen molar-refractivity contribution in [2.45, 2.75) is 37.5 Å². The van der Waals surface area contributed by atoms with Crippen LogP contribution in [0.2, 0.25) is 0 Å². The Bertz CT molecular complexity index is 950. The van der Waals surface area contributed by atoms with Crippen LogP contribution in [0.5, 0.6) is 11.5 Å². The average molecular weight is 390 g/mol. The maximum absolute atomic E-state index is 12.7. The van der Waals surface area contributed by atoms with E-state index in [0.29, 0.717) is 18.8 Å². The van der Waals surface area contributed by atoms with Gasteiger partial charge in [0, 0.05) is 19.2 Å². The van der Waals surface area contributed by atoms with Gasteiger partial charge in [-0.2, -0.15) is 4.31 Å². The molecule has 0 saturated carbocycles. The highest BCUT2D eigenvalue weighted by Crippen LogP contribution is 2.35. The summed E-state index contributed by atoms with van der Waals surface area (Å²) in [6.07, 6.45) is 1.60. The number of nitro benzene ring substituents is 1. The average Bonchev–Trinajstić information content (AvgIpc) is 3.17. The summed E-state index contributed by atoms with van der Waals surface area (Å²) in [5.74, 6) is 0.775. The first-order valence-corrected chi connectivity index (χ1v) is 10.3. The van der Waals surface area contributed by atoms with Crippen molar-refractivity contribution in [3.8, 4) is 11.5 Å². The van der Waals surface area contributed by atoms with E-state index in [-0.39, 0.29) is 22.3 Å². The summed E-state index contributed by atoms with van der Waals surface area (Å²) in [6, 6.07) is 11.1. The van der Waals surface area contributed by atoms with E-state index in [1.807, 2.05) is 32.0 Å². The van der Waals surface area contributed by atoms with Crippen LogP contribution in [0.3, 0.4) is 0 Å². The van der Waals surface area contributed by atoms with E-state index in [1.54, 1.807) is 6.07 Å². The van der Waals surface area contributed by atoms with Gasteiger partial charge in [0.25, 0.3) is 0 Å². The van der Waals surface area contributed by atoms with E-state index in [4.69, 9.17) is 4.74 Å². The summed E-state index contributed by atoms with van der Waals surface area (Å²) < 4.78 is 32.4. The first-order chi connectivity index (χ1) is 12.8. The number of hydrogen-bond donors (Lipinski definition) is 0. The van der Waals surface area contributed by atoms with Crippen LogP contribution in [0.4, 0.5) is 5.69 Å². The second-order valence-corrected chi connectivity index (χ2v) is 8.77. The summed E-state index contributed by atoms with van der Waals surface area (Å²) >= 11 is 0. The molecule has 0 aromatic heterocycles. The highest BCUT2D eigenvalue weighted by Gasteiger charge is 2.30. The fourth-order valence-electron chi connectivity index (χ4n) is 3.03. The van der Waals surface area contributed by atoms with Crippen LogP contribution in [0, 0.1) is 10.1 Å². The summed E-state index contributed by atoms with van der Waals surface area (Å²) in [5.41, 5.74) is 0.675.